The molecule has 1 saturated heterocycles. The van der Waals surface area contributed by atoms with Crippen LogP contribution in [0.2, 0.25) is 0 Å². The van der Waals surface area contributed by atoms with Gasteiger partial charge in [-0.2, -0.15) is 8.78 Å². The monoisotopic (exact) mass is 359 g/mol. The van der Waals surface area contributed by atoms with E-state index in [1.54, 1.807) is 20.8 Å². The number of benzene rings is 1. The van der Waals surface area contributed by atoms with Crippen LogP contribution in [0.25, 0.3) is 0 Å². The molecule has 1 aromatic carbocycles. The third-order valence-corrected chi connectivity index (χ3v) is 4.08. The summed E-state index contributed by atoms with van der Waals surface area (Å²) in [6.45, 7) is 2.61. The molecule has 2 aliphatic rings. The zero-order valence-electron chi connectivity index (χ0n) is 14.2. The summed E-state index contributed by atoms with van der Waals surface area (Å²) >= 11 is 0. The summed E-state index contributed by atoms with van der Waals surface area (Å²) in [5, 5.41) is 0. The SMILES string of the molecule is CC(C)(C)OC(=O)N1CCCC2Oc3cc(OC(F)F)c(F)cc3[C@@H]21. The molecule has 0 bridgehead atoms. The zero-order valence-corrected chi connectivity index (χ0v) is 14.2. The quantitative estimate of drug-likeness (QED) is 0.792. The summed E-state index contributed by atoms with van der Waals surface area (Å²) in [5.41, 5.74) is -0.221. The molecule has 5 nitrogen and oxygen atoms in total. The Morgan fingerprint density at radius 3 is 2.72 bits per heavy atom. The van der Waals surface area contributed by atoms with E-state index in [1.165, 1.54) is 4.90 Å². The van der Waals surface area contributed by atoms with Crippen LogP contribution >= 0.6 is 0 Å². The number of rotatable bonds is 2. The van der Waals surface area contributed by atoms with Crippen molar-refractivity contribution in [3.63, 3.8) is 0 Å². The lowest BCUT2D eigenvalue weighted by molar-refractivity contribution is -0.0523. The largest absolute Gasteiger partial charge is 0.487 e. The fourth-order valence-corrected chi connectivity index (χ4v) is 3.21. The number of amides is 1. The first-order chi connectivity index (χ1) is 11.7. The molecular weight excluding hydrogens is 339 g/mol. The van der Waals surface area contributed by atoms with E-state index < -0.39 is 35.9 Å². The summed E-state index contributed by atoms with van der Waals surface area (Å²) in [5.74, 6) is -1.24. The Labute approximate surface area is 143 Å². The van der Waals surface area contributed by atoms with Gasteiger partial charge in [-0.15, -0.1) is 0 Å². The number of fused-ring (bicyclic) bond motifs is 3. The summed E-state index contributed by atoms with van der Waals surface area (Å²) < 4.78 is 54.2. The molecule has 2 atom stereocenters. The molecule has 1 amide bonds. The predicted octanol–water partition coefficient (Wildman–Crippen LogP) is 4.26. The minimum absolute atomic E-state index is 0.252. The maximum atomic E-state index is 14.1. The maximum Gasteiger partial charge on any atom is 0.410 e. The second-order valence-corrected chi connectivity index (χ2v) is 7.12. The number of carbonyl (C=O) groups excluding carboxylic acids is 1. The van der Waals surface area contributed by atoms with Crippen molar-refractivity contribution in [3.8, 4) is 11.5 Å². The molecule has 3 rings (SSSR count). The van der Waals surface area contributed by atoms with Gasteiger partial charge in [0.1, 0.15) is 23.5 Å². The summed E-state index contributed by atoms with van der Waals surface area (Å²) in [7, 11) is 0. The highest BCUT2D eigenvalue weighted by atomic mass is 19.3. The van der Waals surface area contributed by atoms with Gasteiger partial charge in [0.2, 0.25) is 0 Å². The first kappa shape index (κ1) is 17.7. The van der Waals surface area contributed by atoms with Gasteiger partial charge in [-0.05, 0) is 39.7 Å². The lowest BCUT2D eigenvalue weighted by Crippen LogP contribution is -2.46. The van der Waals surface area contributed by atoms with Gasteiger partial charge in [0.25, 0.3) is 0 Å². The van der Waals surface area contributed by atoms with E-state index in [0.717, 1.165) is 12.1 Å². The predicted molar refractivity (Wildman–Crippen MR) is 82.4 cm³/mol. The lowest BCUT2D eigenvalue weighted by Gasteiger charge is -2.37. The van der Waals surface area contributed by atoms with Crippen molar-refractivity contribution in [3.05, 3.63) is 23.5 Å². The van der Waals surface area contributed by atoms with Crippen molar-refractivity contribution in [2.45, 2.75) is 58.0 Å². The van der Waals surface area contributed by atoms with Crippen LogP contribution in [0.4, 0.5) is 18.0 Å². The molecule has 2 heterocycles. The first-order valence-corrected chi connectivity index (χ1v) is 8.10. The molecule has 25 heavy (non-hydrogen) atoms. The average Bonchev–Trinajstić information content (AvgIpc) is 2.82. The van der Waals surface area contributed by atoms with Gasteiger partial charge in [0.05, 0.1) is 0 Å². The van der Waals surface area contributed by atoms with Crippen LogP contribution in [0.15, 0.2) is 12.1 Å². The van der Waals surface area contributed by atoms with Crippen LogP contribution in [0.3, 0.4) is 0 Å². The number of ether oxygens (including phenoxy) is 3. The number of likely N-dealkylation sites (tertiary alicyclic amines) is 1. The Kier molecular flexibility index (Phi) is 4.47. The van der Waals surface area contributed by atoms with Crippen molar-refractivity contribution in [1.82, 2.24) is 4.90 Å². The lowest BCUT2D eigenvalue weighted by atomic mass is 9.94. The van der Waals surface area contributed by atoms with E-state index >= 15 is 0 Å². The van der Waals surface area contributed by atoms with Crippen molar-refractivity contribution in [1.29, 1.82) is 0 Å². The number of piperidine rings is 1. The zero-order chi connectivity index (χ0) is 18.4. The van der Waals surface area contributed by atoms with Crippen molar-refractivity contribution in [2.75, 3.05) is 6.54 Å². The number of hydrogen-bond acceptors (Lipinski definition) is 4. The molecule has 0 aliphatic carbocycles. The number of alkyl halides is 2. The number of carbonyl (C=O) groups is 1. The van der Waals surface area contributed by atoms with Crippen LogP contribution in [0, 0.1) is 5.82 Å². The molecule has 1 unspecified atom stereocenters. The fourth-order valence-electron chi connectivity index (χ4n) is 3.21. The smallest absolute Gasteiger partial charge is 0.410 e. The van der Waals surface area contributed by atoms with Crippen LogP contribution in [-0.4, -0.2) is 35.9 Å². The standard InChI is InChI=1S/C17H20F3NO4/c1-17(2,3)25-16(22)21-6-4-5-11-14(21)9-7-10(18)13(24-15(19)20)8-12(9)23-11/h7-8,11,14-15H,4-6H2,1-3H3/t11?,14-/m0/s1. The highest BCUT2D eigenvalue weighted by molar-refractivity contribution is 5.70. The van der Waals surface area contributed by atoms with Gasteiger partial charge < -0.3 is 14.2 Å². The first-order valence-electron chi connectivity index (χ1n) is 8.10. The molecule has 0 aromatic heterocycles. The average molecular weight is 359 g/mol. The minimum Gasteiger partial charge on any atom is -0.487 e. The summed E-state index contributed by atoms with van der Waals surface area (Å²) in [6, 6.07) is 1.71. The van der Waals surface area contributed by atoms with Crippen LogP contribution in [-0.2, 0) is 4.74 Å². The van der Waals surface area contributed by atoms with Crippen molar-refractivity contribution in [2.24, 2.45) is 0 Å². The molecular formula is C17H20F3NO4. The van der Waals surface area contributed by atoms with Gasteiger partial charge in [-0.1, -0.05) is 0 Å². The Morgan fingerprint density at radius 2 is 2.08 bits per heavy atom. The number of nitrogens with zero attached hydrogens (tertiary/aromatic N) is 1. The second-order valence-electron chi connectivity index (χ2n) is 7.12. The van der Waals surface area contributed by atoms with E-state index in [0.29, 0.717) is 24.9 Å². The van der Waals surface area contributed by atoms with Crippen molar-refractivity contribution >= 4 is 6.09 Å². The van der Waals surface area contributed by atoms with Gasteiger partial charge >= 0.3 is 12.7 Å². The molecule has 1 aromatic rings. The Morgan fingerprint density at radius 1 is 1.36 bits per heavy atom. The fraction of sp³-hybridized carbons (Fsp3) is 0.588. The van der Waals surface area contributed by atoms with E-state index in [4.69, 9.17) is 9.47 Å². The van der Waals surface area contributed by atoms with Crippen LogP contribution in [0.1, 0.15) is 45.2 Å². The molecule has 138 valence electrons. The van der Waals surface area contributed by atoms with E-state index in [-0.39, 0.29) is 11.9 Å². The summed E-state index contributed by atoms with van der Waals surface area (Å²) in [4.78, 5) is 14.0. The molecule has 2 aliphatic heterocycles. The van der Waals surface area contributed by atoms with Gasteiger partial charge in [-0.3, -0.25) is 4.90 Å². The molecule has 0 N–H and O–H groups in total. The molecule has 0 spiro atoms. The van der Waals surface area contributed by atoms with E-state index in [2.05, 4.69) is 4.74 Å². The van der Waals surface area contributed by atoms with Gasteiger partial charge in [0, 0.05) is 18.2 Å². The van der Waals surface area contributed by atoms with E-state index in [1.807, 2.05) is 0 Å². The van der Waals surface area contributed by atoms with Gasteiger partial charge in [0.15, 0.2) is 11.6 Å². The van der Waals surface area contributed by atoms with Crippen molar-refractivity contribution < 1.29 is 32.2 Å². The Hall–Kier alpha value is -2.12. The third kappa shape index (κ3) is 3.62. The normalized spacial score (nSPS) is 22.3. The van der Waals surface area contributed by atoms with Crippen LogP contribution in [0.5, 0.6) is 11.5 Å². The maximum absolute atomic E-state index is 14.1. The molecule has 8 heteroatoms. The number of halogens is 3. The topological polar surface area (TPSA) is 48.0 Å². The van der Waals surface area contributed by atoms with Gasteiger partial charge in [-0.25, -0.2) is 9.18 Å². The van der Waals surface area contributed by atoms with E-state index in [9.17, 15) is 18.0 Å². The third-order valence-electron chi connectivity index (χ3n) is 4.08. The second kappa shape index (κ2) is 6.31. The molecule has 0 radical (unpaired) electrons. The minimum atomic E-state index is -3.13. The Balaban J connectivity index is 1.91. The number of hydrogen-bond donors (Lipinski definition) is 0. The summed E-state index contributed by atoms with van der Waals surface area (Å²) in [6.07, 6.45) is 0.507. The highest BCUT2D eigenvalue weighted by Gasteiger charge is 2.45. The molecule has 1 fully saturated rings. The Bertz CT molecular complexity index is 675. The van der Waals surface area contributed by atoms with Crippen LogP contribution < -0.4 is 9.47 Å². The highest BCUT2D eigenvalue weighted by Crippen LogP contribution is 2.47. The molecule has 0 saturated carbocycles.